The minimum atomic E-state index is -1.36. The van der Waals surface area contributed by atoms with Crippen molar-refractivity contribution in [1.29, 1.82) is 0 Å². The number of aliphatic hydroxyl groups is 1. The Bertz CT molecular complexity index is 1380. The second kappa shape index (κ2) is 13.9. The summed E-state index contributed by atoms with van der Waals surface area (Å²) in [5, 5.41) is 12.5. The second-order valence-electron chi connectivity index (χ2n) is 15.2. The maximum absolute atomic E-state index is 14.8. The van der Waals surface area contributed by atoms with E-state index < -0.39 is 47.1 Å². The predicted octanol–water partition coefficient (Wildman–Crippen LogP) is 4.09. The molecule has 6 atom stereocenters. The fraction of sp³-hybridized carbons (Fsp3) is 0.622. The number of likely N-dealkylation sites (tertiary alicyclic amines) is 1. The van der Waals surface area contributed by atoms with Gasteiger partial charge in [0.15, 0.2) is 0 Å². The van der Waals surface area contributed by atoms with E-state index in [0.717, 1.165) is 12.0 Å². The largest absolute Gasteiger partial charge is 0.463 e. The molecule has 4 aliphatic heterocycles. The van der Waals surface area contributed by atoms with Gasteiger partial charge in [-0.1, -0.05) is 75.4 Å². The van der Waals surface area contributed by atoms with Crippen molar-refractivity contribution in [2.75, 3.05) is 26.3 Å². The Kier molecular flexibility index (Phi) is 10.3. The maximum atomic E-state index is 14.8. The van der Waals surface area contributed by atoms with Crippen molar-refractivity contribution in [2.24, 2.45) is 17.3 Å². The highest BCUT2D eigenvalue weighted by Gasteiger charge is 2.71. The predicted molar refractivity (Wildman–Crippen MR) is 177 cm³/mol. The van der Waals surface area contributed by atoms with E-state index in [0.29, 0.717) is 38.8 Å². The summed E-state index contributed by atoms with van der Waals surface area (Å²) >= 11 is 0. The topological polar surface area (TPSA) is 125 Å². The number of benzene rings is 1. The minimum absolute atomic E-state index is 0.0455. The molecule has 1 aromatic rings. The van der Waals surface area contributed by atoms with Gasteiger partial charge in [0.1, 0.15) is 18.2 Å². The first-order valence-corrected chi connectivity index (χ1v) is 17.0. The first kappa shape index (κ1) is 34.8. The van der Waals surface area contributed by atoms with Crippen molar-refractivity contribution in [3.63, 3.8) is 0 Å². The summed E-state index contributed by atoms with van der Waals surface area (Å²) < 4.78 is 12.4. The average Bonchev–Trinajstić information content (AvgIpc) is 3.38. The highest BCUT2D eigenvalue weighted by molar-refractivity contribution is 6.00. The lowest BCUT2D eigenvalue weighted by atomic mass is 9.77. The zero-order valence-electron chi connectivity index (χ0n) is 28.4. The third-order valence-corrected chi connectivity index (χ3v) is 9.82. The number of hydrogen-bond acceptors (Lipinski definition) is 7. The molecule has 5 rings (SSSR count). The van der Waals surface area contributed by atoms with Crippen molar-refractivity contribution in [3.05, 3.63) is 60.2 Å². The lowest BCUT2D eigenvalue weighted by Gasteiger charge is -2.44. The Morgan fingerprint density at radius 1 is 0.979 bits per heavy atom. The number of hydrogen-bond donors (Lipinski definition) is 2. The number of nitrogens with one attached hydrogen (secondary N) is 1. The van der Waals surface area contributed by atoms with Gasteiger partial charge in [0, 0.05) is 31.7 Å². The third-order valence-electron chi connectivity index (χ3n) is 9.82. The molecule has 2 N–H and O–H groups in total. The van der Waals surface area contributed by atoms with Gasteiger partial charge in [-0.3, -0.25) is 19.2 Å². The number of allylic oxidation sites excluding steroid dienone is 1. The minimum Gasteiger partial charge on any atom is -0.463 e. The molecule has 10 heteroatoms. The van der Waals surface area contributed by atoms with Crippen LogP contribution >= 0.6 is 0 Å². The first-order chi connectivity index (χ1) is 22.3. The number of carbonyl (C=O) groups is 4. The first-order valence-electron chi connectivity index (χ1n) is 17.0. The van der Waals surface area contributed by atoms with Gasteiger partial charge >= 0.3 is 5.97 Å². The smallest absolute Gasteiger partial charge is 0.306 e. The molecule has 0 aliphatic carbocycles. The van der Waals surface area contributed by atoms with Gasteiger partial charge in [-0.25, -0.2) is 0 Å². The van der Waals surface area contributed by atoms with Crippen molar-refractivity contribution in [3.8, 4) is 0 Å². The summed E-state index contributed by atoms with van der Waals surface area (Å²) in [4.78, 5) is 59.9. The van der Waals surface area contributed by atoms with Gasteiger partial charge in [0.2, 0.25) is 17.7 Å². The van der Waals surface area contributed by atoms with Gasteiger partial charge in [-0.15, -0.1) is 0 Å². The van der Waals surface area contributed by atoms with E-state index in [4.69, 9.17) is 9.47 Å². The van der Waals surface area contributed by atoms with Crippen molar-refractivity contribution < 1.29 is 33.8 Å². The van der Waals surface area contributed by atoms with Crippen LogP contribution < -0.4 is 5.32 Å². The lowest BCUT2D eigenvalue weighted by Crippen LogP contribution is -2.59. The molecular weight excluding hydrogens is 598 g/mol. The van der Waals surface area contributed by atoms with Crippen LogP contribution in [0.2, 0.25) is 0 Å². The zero-order chi connectivity index (χ0) is 34.0. The molecular formula is C37H51N3O7. The van der Waals surface area contributed by atoms with Crippen LogP contribution in [-0.2, 0) is 28.7 Å². The molecule has 4 heterocycles. The highest BCUT2D eigenvalue weighted by Crippen LogP contribution is 2.53. The summed E-state index contributed by atoms with van der Waals surface area (Å²) in [5.74, 6) is -3.09. The number of ether oxygens (including phenoxy) is 2. The molecule has 47 heavy (non-hydrogen) atoms. The highest BCUT2D eigenvalue weighted by atomic mass is 16.5. The molecule has 0 unspecified atom stereocenters. The molecule has 2 fully saturated rings. The summed E-state index contributed by atoms with van der Waals surface area (Å²) in [7, 11) is 0. The number of unbranched alkanes of at least 4 members (excludes halogenated alkanes) is 2. The van der Waals surface area contributed by atoms with E-state index >= 15 is 0 Å². The standard InChI is InChI=1S/C37H51N3O7/c1-35(2,3)24-36(4,5)40-21-14-19-37-30(33(44)39(31(37)34(40)45)20-12-7-13-22-41)29-27(47-37)17-10-11-18-28(42)46-23-26(38-32(29)43)25-15-8-6-9-16-25/h6,8-10,14-17,19,26-27,29-31,41H,7,11-13,18,20-24H2,1-5H3,(H,38,43)/b17-10-/t26-,27+,29-,30-,31+,37-/m0/s1. The van der Waals surface area contributed by atoms with E-state index in [1.165, 1.54) is 0 Å². The van der Waals surface area contributed by atoms with E-state index in [9.17, 15) is 24.3 Å². The van der Waals surface area contributed by atoms with Crippen molar-refractivity contribution in [2.45, 2.75) is 102 Å². The fourth-order valence-corrected chi connectivity index (χ4v) is 8.19. The van der Waals surface area contributed by atoms with Crippen molar-refractivity contribution >= 4 is 23.7 Å². The number of amides is 3. The van der Waals surface area contributed by atoms with Crippen LogP contribution in [0.1, 0.15) is 84.7 Å². The van der Waals surface area contributed by atoms with Gasteiger partial charge in [-0.2, -0.15) is 0 Å². The van der Waals surface area contributed by atoms with E-state index in [-0.39, 0.29) is 42.8 Å². The molecule has 0 aromatic heterocycles. The summed E-state index contributed by atoms with van der Waals surface area (Å²) in [6.45, 7) is 11.3. The van der Waals surface area contributed by atoms with Crippen LogP contribution in [0.5, 0.6) is 0 Å². The second-order valence-corrected chi connectivity index (χ2v) is 15.2. The number of esters is 1. The summed E-state index contributed by atoms with van der Waals surface area (Å²) in [5.41, 5.74) is -1.16. The Balaban J connectivity index is 1.57. The van der Waals surface area contributed by atoms with Crippen molar-refractivity contribution in [1.82, 2.24) is 15.1 Å². The van der Waals surface area contributed by atoms with Crippen LogP contribution in [0.4, 0.5) is 0 Å². The number of rotatable bonds is 8. The molecule has 256 valence electrons. The summed E-state index contributed by atoms with van der Waals surface area (Å²) in [6, 6.07) is 7.72. The fourth-order valence-electron chi connectivity index (χ4n) is 8.19. The number of aliphatic hydroxyl groups excluding tert-OH is 1. The van der Waals surface area contributed by atoms with E-state index in [1.807, 2.05) is 47.4 Å². The van der Waals surface area contributed by atoms with Crippen LogP contribution in [0, 0.1) is 17.3 Å². The SMILES string of the molecule is CC(C)(C)CC(C)(C)N1CC=C[C@]23O[C@@H]4/C=C\CCC(=O)OC[C@@H](c5ccccc5)NC(=O)[C@@H]4[C@H]2C(=O)N(CCCCCO)[C@@H]3C1=O. The molecule has 2 saturated heterocycles. The zero-order valence-corrected chi connectivity index (χ0v) is 28.4. The summed E-state index contributed by atoms with van der Waals surface area (Å²) in [6.07, 6.45) is 9.76. The molecule has 1 aromatic carbocycles. The number of fused-ring (bicyclic) bond motifs is 2. The van der Waals surface area contributed by atoms with Gasteiger partial charge in [0.05, 0.1) is 24.0 Å². The molecule has 3 amide bonds. The maximum Gasteiger partial charge on any atom is 0.306 e. The molecule has 0 bridgehead atoms. The van der Waals surface area contributed by atoms with E-state index in [1.54, 1.807) is 17.1 Å². The van der Waals surface area contributed by atoms with Crippen LogP contribution in [0.25, 0.3) is 0 Å². The van der Waals surface area contributed by atoms with Gasteiger partial charge in [-0.05, 0) is 56.9 Å². The van der Waals surface area contributed by atoms with Gasteiger partial charge in [0.25, 0.3) is 0 Å². The number of nitrogens with zero attached hydrogens (tertiary/aromatic N) is 2. The van der Waals surface area contributed by atoms with E-state index in [2.05, 4.69) is 39.9 Å². The molecule has 10 nitrogen and oxygen atoms in total. The molecule has 0 saturated carbocycles. The van der Waals surface area contributed by atoms with Crippen LogP contribution in [0.15, 0.2) is 54.6 Å². The van der Waals surface area contributed by atoms with Crippen LogP contribution in [-0.4, -0.2) is 88.2 Å². The number of cyclic esters (lactones) is 1. The average molecular weight is 650 g/mol. The molecule has 0 radical (unpaired) electrons. The quantitative estimate of drug-likeness (QED) is 0.247. The Hall–Kier alpha value is -3.50. The Labute approximate surface area is 278 Å². The van der Waals surface area contributed by atoms with Crippen LogP contribution in [0.3, 0.4) is 0 Å². The van der Waals surface area contributed by atoms with Gasteiger partial charge < -0.3 is 29.7 Å². The Morgan fingerprint density at radius 3 is 2.43 bits per heavy atom. The monoisotopic (exact) mass is 649 g/mol. The normalized spacial score (nSPS) is 30.8. The lowest BCUT2D eigenvalue weighted by molar-refractivity contribution is -0.152. The Morgan fingerprint density at radius 2 is 1.72 bits per heavy atom. The molecule has 4 aliphatic rings. The third kappa shape index (κ3) is 7.18. The molecule has 1 spiro atoms. The number of carbonyl (C=O) groups excluding carboxylic acids is 4.